The van der Waals surface area contributed by atoms with Gasteiger partial charge in [-0.25, -0.2) is 9.97 Å². The van der Waals surface area contributed by atoms with Crippen molar-refractivity contribution < 1.29 is 19.0 Å². The number of nitrogens with zero attached hydrogens (tertiary/aromatic N) is 2. The predicted octanol–water partition coefficient (Wildman–Crippen LogP) is 3.89. The number of hydrogen-bond acceptors (Lipinski definition) is 6. The predicted molar refractivity (Wildman–Crippen MR) is 94.5 cm³/mol. The molecule has 2 heterocycles. The topological polar surface area (TPSA) is 70.5 Å². The van der Waals surface area contributed by atoms with E-state index in [1.54, 1.807) is 54.9 Å². The van der Waals surface area contributed by atoms with Crippen molar-refractivity contribution in [1.82, 2.24) is 9.97 Å². The molecule has 26 heavy (non-hydrogen) atoms. The van der Waals surface area contributed by atoms with Crippen LogP contribution in [-0.4, -0.2) is 22.5 Å². The summed E-state index contributed by atoms with van der Waals surface area (Å²) >= 11 is 0. The van der Waals surface area contributed by atoms with Crippen molar-refractivity contribution in [1.29, 1.82) is 0 Å². The number of aromatic nitrogens is 2. The molecule has 0 aliphatic carbocycles. The van der Waals surface area contributed by atoms with Crippen molar-refractivity contribution in [2.24, 2.45) is 0 Å². The Kier molecular flexibility index (Phi) is 4.30. The summed E-state index contributed by atoms with van der Waals surface area (Å²) in [4.78, 5) is 20.3. The van der Waals surface area contributed by atoms with Crippen LogP contribution in [0.3, 0.4) is 0 Å². The van der Waals surface area contributed by atoms with Gasteiger partial charge in [0.25, 0.3) is 0 Å². The molecule has 1 aliphatic heterocycles. The fourth-order valence-electron chi connectivity index (χ4n) is 2.41. The van der Waals surface area contributed by atoms with E-state index in [1.807, 2.05) is 12.1 Å². The van der Waals surface area contributed by atoms with Gasteiger partial charge in [0.05, 0.1) is 0 Å². The summed E-state index contributed by atoms with van der Waals surface area (Å²) in [5.74, 6) is 1.76. The van der Waals surface area contributed by atoms with Gasteiger partial charge in [-0.2, -0.15) is 0 Å². The third-order valence-corrected chi connectivity index (χ3v) is 3.72. The van der Waals surface area contributed by atoms with Gasteiger partial charge < -0.3 is 14.2 Å². The van der Waals surface area contributed by atoms with Gasteiger partial charge in [0.1, 0.15) is 5.75 Å². The fourth-order valence-corrected chi connectivity index (χ4v) is 2.41. The van der Waals surface area contributed by atoms with Crippen LogP contribution in [0.5, 0.6) is 23.3 Å². The average Bonchev–Trinajstić information content (AvgIpc) is 3.16. The van der Waals surface area contributed by atoms with E-state index in [2.05, 4.69) is 9.97 Å². The van der Waals surface area contributed by atoms with Crippen LogP contribution in [0, 0.1) is 0 Å². The maximum atomic E-state index is 12.3. The maximum absolute atomic E-state index is 12.3. The molecule has 0 radical (unpaired) electrons. The minimum atomic E-state index is -0.110. The number of carbonyl (C=O) groups is 1. The van der Waals surface area contributed by atoms with Gasteiger partial charge in [-0.3, -0.25) is 4.79 Å². The van der Waals surface area contributed by atoms with Gasteiger partial charge >= 0.3 is 6.01 Å². The third kappa shape index (κ3) is 3.54. The third-order valence-electron chi connectivity index (χ3n) is 3.72. The first-order valence-corrected chi connectivity index (χ1v) is 7.95. The van der Waals surface area contributed by atoms with Crippen LogP contribution in [0.4, 0.5) is 0 Å². The quantitative estimate of drug-likeness (QED) is 0.515. The lowest BCUT2D eigenvalue weighted by Crippen LogP contribution is -1.94. The summed E-state index contributed by atoms with van der Waals surface area (Å²) in [7, 11) is 0. The van der Waals surface area contributed by atoms with E-state index in [1.165, 1.54) is 6.08 Å². The summed E-state index contributed by atoms with van der Waals surface area (Å²) < 4.78 is 16.1. The van der Waals surface area contributed by atoms with Crippen molar-refractivity contribution in [3.05, 3.63) is 78.1 Å². The Hall–Kier alpha value is -3.67. The molecule has 4 rings (SSSR count). The van der Waals surface area contributed by atoms with Gasteiger partial charge in [0, 0.05) is 18.0 Å². The number of ether oxygens (including phenoxy) is 3. The van der Waals surface area contributed by atoms with Gasteiger partial charge in [0.2, 0.25) is 6.79 Å². The highest BCUT2D eigenvalue weighted by Crippen LogP contribution is 2.32. The molecular weight excluding hydrogens is 332 g/mol. The first-order valence-electron chi connectivity index (χ1n) is 7.95. The Bertz CT molecular complexity index is 953. The van der Waals surface area contributed by atoms with E-state index in [-0.39, 0.29) is 18.6 Å². The molecule has 3 aromatic rings. The largest absolute Gasteiger partial charge is 0.454 e. The Morgan fingerprint density at radius 3 is 2.58 bits per heavy atom. The molecule has 0 N–H and O–H groups in total. The zero-order valence-electron chi connectivity index (χ0n) is 13.7. The van der Waals surface area contributed by atoms with Crippen LogP contribution in [-0.2, 0) is 0 Å². The SMILES string of the molecule is O=C(C=Cc1ccc(Oc2ncccn2)cc1)c1ccc2c(c1)OCO2. The highest BCUT2D eigenvalue weighted by Gasteiger charge is 2.15. The molecule has 0 atom stereocenters. The molecular formula is C20H14N2O4. The van der Waals surface area contributed by atoms with Crippen molar-refractivity contribution in [3.63, 3.8) is 0 Å². The Morgan fingerprint density at radius 1 is 1.00 bits per heavy atom. The van der Waals surface area contributed by atoms with Crippen LogP contribution in [0.1, 0.15) is 15.9 Å². The Labute approximate surface area is 149 Å². The zero-order valence-corrected chi connectivity index (χ0v) is 13.7. The molecule has 1 aromatic heterocycles. The lowest BCUT2D eigenvalue weighted by Gasteiger charge is -2.03. The van der Waals surface area contributed by atoms with E-state index >= 15 is 0 Å². The second-order valence-corrected chi connectivity index (χ2v) is 5.47. The van der Waals surface area contributed by atoms with Crippen LogP contribution in [0.15, 0.2) is 67.0 Å². The van der Waals surface area contributed by atoms with Crippen molar-refractivity contribution in [2.45, 2.75) is 0 Å². The highest BCUT2D eigenvalue weighted by atomic mass is 16.7. The lowest BCUT2D eigenvalue weighted by molar-refractivity contribution is 0.104. The molecule has 0 amide bonds. The molecule has 6 heteroatoms. The molecule has 0 unspecified atom stereocenters. The molecule has 1 aliphatic rings. The molecule has 0 saturated carbocycles. The first kappa shape index (κ1) is 15.8. The zero-order chi connectivity index (χ0) is 17.8. The number of fused-ring (bicyclic) bond motifs is 1. The van der Waals surface area contributed by atoms with Gasteiger partial charge in [-0.15, -0.1) is 0 Å². The standard InChI is InChI=1S/C20H14N2O4/c23-17(15-5-9-18-19(12-15)25-13-24-18)8-4-14-2-6-16(7-3-14)26-20-21-10-1-11-22-20/h1-12H,13H2. The fraction of sp³-hybridized carbons (Fsp3) is 0.0500. The Morgan fingerprint density at radius 2 is 1.77 bits per heavy atom. The minimum Gasteiger partial charge on any atom is -0.454 e. The van der Waals surface area contributed by atoms with E-state index in [0.29, 0.717) is 22.8 Å². The highest BCUT2D eigenvalue weighted by molar-refractivity contribution is 6.07. The van der Waals surface area contributed by atoms with Gasteiger partial charge in [-0.05, 0) is 48.0 Å². The molecule has 0 saturated heterocycles. The molecule has 2 aromatic carbocycles. The second kappa shape index (κ2) is 7.06. The molecule has 0 fully saturated rings. The molecule has 6 nitrogen and oxygen atoms in total. The number of rotatable bonds is 5. The Balaban J connectivity index is 1.42. The van der Waals surface area contributed by atoms with Crippen molar-refractivity contribution in [3.8, 4) is 23.3 Å². The minimum absolute atomic E-state index is 0.110. The van der Waals surface area contributed by atoms with Gasteiger partial charge in [-0.1, -0.05) is 18.2 Å². The van der Waals surface area contributed by atoms with Crippen molar-refractivity contribution in [2.75, 3.05) is 6.79 Å². The number of carbonyl (C=O) groups excluding carboxylic acids is 1. The smallest absolute Gasteiger partial charge is 0.321 e. The summed E-state index contributed by atoms with van der Waals surface area (Å²) in [5.41, 5.74) is 1.42. The first-order chi connectivity index (χ1) is 12.8. The normalized spacial score (nSPS) is 12.3. The summed E-state index contributed by atoms with van der Waals surface area (Å²) in [5, 5.41) is 0. The summed E-state index contributed by atoms with van der Waals surface area (Å²) in [6.07, 6.45) is 6.49. The van der Waals surface area contributed by atoms with E-state index in [4.69, 9.17) is 14.2 Å². The van der Waals surface area contributed by atoms with Crippen LogP contribution >= 0.6 is 0 Å². The second-order valence-electron chi connectivity index (χ2n) is 5.47. The van der Waals surface area contributed by atoms with Crippen LogP contribution < -0.4 is 14.2 Å². The lowest BCUT2D eigenvalue weighted by atomic mass is 10.1. The summed E-state index contributed by atoms with van der Waals surface area (Å²) in [6.45, 7) is 0.186. The molecule has 0 bridgehead atoms. The summed E-state index contributed by atoms with van der Waals surface area (Å²) in [6, 6.07) is 14.4. The van der Waals surface area contributed by atoms with Gasteiger partial charge in [0.15, 0.2) is 17.3 Å². The molecule has 128 valence electrons. The van der Waals surface area contributed by atoms with Crippen LogP contribution in [0.25, 0.3) is 6.08 Å². The van der Waals surface area contributed by atoms with E-state index in [9.17, 15) is 4.79 Å². The number of ketones is 1. The average molecular weight is 346 g/mol. The monoisotopic (exact) mass is 346 g/mol. The number of benzene rings is 2. The van der Waals surface area contributed by atoms with Crippen LogP contribution in [0.2, 0.25) is 0 Å². The molecule has 0 spiro atoms. The van der Waals surface area contributed by atoms with E-state index in [0.717, 1.165) is 5.56 Å². The maximum Gasteiger partial charge on any atom is 0.321 e. The number of hydrogen-bond donors (Lipinski definition) is 0. The number of allylic oxidation sites excluding steroid dienone is 1. The van der Waals surface area contributed by atoms with Crippen molar-refractivity contribution >= 4 is 11.9 Å². The van der Waals surface area contributed by atoms with E-state index < -0.39 is 0 Å².